The third-order valence-corrected chi connectivity index (χ3v) is 5.24. The first-order chi connectivity index (χ1) is 13.3. The predicted molar refractivity (Wildman–Crippen MR) is 99.6 cm³/mol. The molecule has 0 unspecified atom stereocenters. The fourth-order valence-electron chi connectivity index (χ4n) is 3.78. The van der Waals surface area contributed by atoms with Crippen LogP contribution in [0.15, 0.2) is 45.6 Å². The van der Waals surface area contributed by atoms with Crippen LogP contribution in [0, 0.1) is 6.92 Å². The SMILES string of the molecule is Cc1c(OCc2cccc(C(F)(F)F)c2)ccc2c3c(c(=O)oc12)CCCC3. The summed E-state index contributed by atoms with van der Waals surface area (Å²) in [4.78, 5) is 12.3. The molecule has 6 heteroatoms. The van der Waals surface area contributed by atoms with Gasteiger partial charge in [0.15, 0.2) is 0 Å². The molecule has 2 aromatic carbocycles. The first-order valence-electron chi connectivity index (χ1n) is 9.21. The highest BCUT2D eigenvalue weighted by atomic mass is 19.4. The van der Waals surface area contributed by atoms with Gasteiger partial charge in [-0.1, -0.05) is 12.1 Å². The largest absolute Gasteiger partial charge is 0.488 e. The Morgan fingerprint density at radius 2 is 1.82 bits per heavy atom. The van der Waals surface area contributed by atoms with Crippen molar-refractivity contribution in [1.29, 1.82) is 0 Å². The minimum atomic E-state index is -4.39. The number of alkyl halides is 3. The molecule has 0 saturated carbocycles. The second-order valence-corrected chi connectivity index (χ2v) is 7.11. The molecule has 1 aliphatic rings. The molecule has 1 heterocycles. The van der Waals surface area contributed by atoms with E-state index in [0.29, 0.717) is 22.5 Å². The van der Waals surface area contributed by atoms with Gasteiger partial charge in [-0.15, -0.1) is 0 Å². The summed E-state index contributed by atoms with van der Waals surface area (Å²) < 4.78 is 49.9. The van der Waals surface area contributed by atoms with Crippen LogP contribution in [0.4, 0.5) is 13.2 Å². The summed E-state index contributed by atoms with van der Waals surface area (Å²) >= 11 is 0. The van der Waals surface area contributed by atoms with Gasteiger partial charge in [0.2, 0.25) is 0 Å². The average Bonchev–Trinajstić information content (AvgIpc) is 2.68. The van der Waals surface area contributed by atoms with E-state index in [9.17, 15) is 18.0 Å². The number of benzene rings is 2. The van der Waals surface area contributed by atoms with Crippen LogP contribution in [-0.2, 0) is 25.6 Å². The van der Waals surface area contributed by atoms with Gasteiger partial charge in [-0.3, -0.25) is 0 Å². The van der Waals surface area contributed by atoms with Crippen LogP contribution < -0.4 is 10.4 Å². The van der Waals surface area contributed by atoms with Gasteiger partial charge in [-0.25, -0.2) is 4.79 Å². The highest BCUT2D eigenvalue weighted by Crippen LogP contribution is 2.33. The van der Waals surface area contributed by atoms with Crippen LogP contribution in [0.2, 0.25) is 0 Å². The van der Waals surface area contributed by atoms with Gasteiger partial charge < -0.3 is 9.15 Å². The van der Waals surface area contributed by atoms with Crippen LogP contribution in [-0.4, -0.2) is 0 Å². The van der Waals surface area contributed by atoms with E-state index >= 15 is 0 Å². The minimum Gasteiger partial charge on any atom is -0.488 e. The number of hydrogen-bond acceptors (Lipinski definition) is 3. The summed E-state index contributed by atoms with van der Waals surface area (Å²) in [5.41, 5.74) is 2.38. The predicted octanol–water partition coefficient (Wildman–Crippen LogP) is 5.58. The Kier molecular flexibility index (Phi) is 4.65. The summed E-state index contributed by atoms with van der Waals surface area (Å²) in [6, 6.07) is 8.72. The normalized spacial score (nSPS) is 14.1. The molecular weight excluding hydrogens is 369 g/mol. The van der Waals surface area contributed by atoms with Crippen molar-refractivity contribution in [3.05, 3.63) is 74.6 Å². The lowest BCUT2D eigenvalue weighted by Gasteiger charge is -2.18. The van der Waals surface area contributed by atoms with E-state index in [0.717, 1.165) is 54.3 Å². The van der Waals surface area contributed by atoms with Crippen molar-refractivity contribution in [3.8, 4) is 5.75 Å². The summed E-state index contributed by atoms with van der Waals surface area (Å²) in [6.45, 7) is 1.79. The number of ether oxygens (including phenoxy) is 1. The van der Waals surface area contributed by atoms with Crippen molar-refractivity contribution in [2.45, 2.75) is 45.4 Å². The van der Waals surface area contributed by atoms with Gasteiger partial charge in [0, 0.05) is 16.5 Å². The number of aryl methyl sites for hydroxylation is 2. The zero-order valence-electron chi connectivity index (χ0n) is 15.4. The molecular formula is C22H19F3O3. The Bertz CT molecular complexity index is 1100. The highest BCUT2D eigenvalue weighted by molar-refractivity contribution is 5.86. The maximum Gasteiger partial charge on any atom is 0.416 e. The maximum absolute atomic E-state index is 12.9. The van der Waals surface area contributed by atoms with Crippen molar-refractivity contribution in [2.24, 2.45) is 0 Å². The Hall–Kier alpha value is -2.76. The van der Waals surface area contributed by atoms with Crippen molar-refractivity contribution >= 4 is 11.0 Å². The zero-order chi connectivity index (χ0) is 19.9. The van der Waals surface area contributed by atoms with Gasteiger partial charge in [0.1, 0.15) is 17.9 Å². The molecule has 0 saturated heterocycles. The van der Waals surface area contributed by atoms with Crippen LogP contribution >= 0.6 is 0 Å². The first kappa shape index (κ1) is 18.6. The third kappa shape index (κ3) is 3.39. The molecule has 0 fully saturated rings. The summed E-state index contributed by atoms with van der Waals surface area (Å²) in [7, 11) is 0. The van der Waals surface area contributed by atoms with E-state index in [4.69, 9.17) is 9.15 Å². The Morgan fingerprint density at radius 3 is 2.57 bits per heavy atom. The van der Waals surface area contributed by atoms with Gasteiger partial charge in [0.25, 0.3) is 0 Å². The lowest BCUT2D eigenvalue weighted by Crippen LogP contribution is -2.16. The van der Waals surface area contributed by atoms with Gasteiger partial charge in [-0.2, -0.15) is 13.2 Å². The second-order valence-electron chi connectivity index (χ2n) is 7.11. The fraction of sp³-hybridized carbons (Fsp3) is 0.318. The molecule has 1 aliphatic carbocycles. The lowest BCUT2D eigenvalue weighted by molar-refractivity contribution is -0.137. The topological polar surface area (TPSA) is 39.4 Å². The number of halogens is 3. The number of rotatable bonds is 3. The summed E-state index contributed by atoms with van der Waals surface area (Å²) in [6.07, 6.45) is -0.780. The average molecular weight is 388 g/mol. The standard InChI is InChI=1S/C22H19F3O3/c1-13-19(27-12-14-5-4-6-15(11-14)22(23,24)25)10-9-17-16-7-2-3-8-18(16)21(26)28-20(13)17/h4-6,9-11H,2-3,7-8,12H2,1H3. The molecule has 0 bridgehead atoms. The molecule has 0 N–H and O–H groups in total. The molecule has 0 spiro atoms. The molecule has 1 aromatic heterocycles. The van der Waals surface area contributed by atoms with Crippen molar-refractivity contribution in [1.82, 2.24) is 0 Å². The number of hydrogen-bond donors (Lipinski definition) is 0. The molecule has 4 rings (SSSR count). The molecule has 0 aliphatic heterocycles. The van der Waals surface area contributed by atoms with E-state index in [1.54, 1.807) is 19.1 Å². The van der Waals surface area contributed by atoms with Crippen molar-refractivity contribution in [3.63, 3.8) is 0 Å². The lowest BCUT2D eigenvalue weighted by atomic mass is 9.90. The van der Waals surface area contributed by atoms with Crippen molar-refractivity contribution in [2.75, 3.05) is 0 Å². The molecule has 3 aromatic rings. The zero-order valence-corrected chi connectivity index (χ0v) is 15.4. The van der Waals surface area contributed by atoms with Crippen LogP contribution in [0.3, 0.4) is 0 Å². The Balaban J connectivity index is 1.65. The monoisotopic (exact) mass is 388 g/mol. The summed E-state index contributed by atoms with van der Waals surface area (Å²) in [5, 5.41) is 0.915. The van der Waals surface area contributed by atoms with Crippen LogP contribution in [0.1, 0.15) is 40.7 Å². The van der Waals surface area contributed by atoms with E-state index < -0.39 is 11.7 Å². The number of fused-ring (bicyclic) bond motifs is 3. The molecule has 0 atom stereocenters. The van der Waals surface area contributed by atoms with E-state index in [-0.39, 0.29) is 12.2 Å². The van der Waals surface area contributed by atoms with Gasteiger partial charge in [0.05, 0.1) is 5.56 Å². The smallest absolute Gasteiger partial charge is 0.416 e. The van der Waals surface area contributed by atoms with Crippen LogP contribution in [0.25, 0.3) is 11.0 Å². The van der Waals surface area contributed by atoms with E-state index in [2.05, 4.69) is 0 Å². The molecule has 146 valence electrons. The Morgan fingerprint density at radius 1 is 1.07 bits per heavy atom. The molecule has 3 nitrogen and oxygen atoms in total. The molecule has 0 radical (unpaired) electrons. The molecule has 28 heavy (non-hydrogen) atoms. The quantitative estimate of drug-likeness (QED) is 0.550. The first-order valence-corrected chi connectivity index (χ1v) is 9.21. The Labute approximate surface area is 159 Å². The van der Waals surface area contributed by atoms with E-state index in [1.807, 2.05) is 6.07 Å². The summed E-state index contributed by atoms with van der Waals surface area (Å²) in [5.74, 6) is 0.490. The van der Waals surface area contributed by atoms with Gasteiger partial charge in [-0.05, 0) is 68.0 Å². The van der Waals surface area contributed by atoms with Gasteiger partial charge >= 0.3 is 11.8 Å². The minimum absolute atomic E-state index is 0.00849. The second kappa shape index (κ2) is 7.00. The molecule has 0 amide bonds. The van der Waals surface area contributed by atoms with Crippen molar-refractivity contribution < 1.29 is 22.3 Å². The van der Waals surface area contributed by atoms with E-state index in [1.165, 1.54) is 6.07 Å². The van der Waals surface area contributed by atoms with Crippen LogP contribution in [0.5, 0.6) is 5.75 Å². The third-order valence-electron chi connectivity index (χ3n) is 5.24. The fourth-order valence-corrected chi connectivity index (χ4v) is 3.78. The highest BCUT2D eigenvalue weighted by Gasteiger charge is 2.30. The maximum atomic E-state index is 12.9.